The van der Waals surface area contributed by atoms with E-state index in [1.54, 1.807) is 43.7 Å². The molecule has 0 aliphatic carbocycles. The van der Waals surface area contributed by atoms with Gasteiger partial charge in [-0.2, -0.15) is 0 Å². The Morgan fingerprint density at radius 2 is 1.98 bits per heavy atom. The highest BCUT2D eigenvalue weighted by Crippen LogP contribution is 2.36. The first-order valence-corrected chi connectivity index (χ1v) is 15.8. The summed E-state index contributed by atoms with van der Waals surface area (Å²) in [6, 6.07) is 8.61. The van der Waals surface area contributed by atoms with Crippen molar-refractivity contribution in [1.82, 2.24) is 4.57 Å². The molecule has 0 N–H and O–H groups in total. The van der Waals surface area contributed by atoms with Crippen molar-refractivity contribution in [1.29, 1.82) is 0 Å². The first-order chi connectivity index (χ1) is 19.6. The van der Waals surface area contributed by atoms with Crippen molar-refractivity contribution >= 4 is 68.6 Å². The van der Waals surface area contributed by atoms with Crippen LogP contribution in [0, 0.1) is 7.14 Å². The van der Waals surface area contributed by atoms with Crippen molar-refractivity contribution in [2.75, 3.05) is 20.3 Å². The Hall–Kier alpha value is -2.65. The number of hydrogen-bond donors (Lipinski definition) is 0. The lowest BCUT2D eigenvalue weighted by atomic mass is 9.95. The summed E-state index contributed by atoms with van der Waals surface area (Å²) in [5.41, 5.74) is 1.94. The van der Waals surface area contributed by atoms with Crippen molar-refractivity contribution in [3.8, 4) is 17.2 Å². The van der Waals surface area contributed by atoms with Crippen molar-refractivity contribution in [2.45, 2.75) is 39.8 Å². The number of nitrogens with zero attached hydrogens (tertiary/aromatic N) is 2. The predicted molar refractivity (Wildman–Crippen MR) is 177 cm³/mol. The van der Waals surface area contributed by atoms with Gasteiger partial charge < -0.3 is 18.9 Å². The number of carbonyl (C=O) groups excluding carboxylic acids is 1. The second-order valence-electron chi connectivity index (χ2n) is 9.28. The number of methoxy groups -OCH3 is 1. The minimum atomic E-state index is -0.776. The van der Waals surface area contributed by atoms with Gasteiger partial charge in [0.2, 0.25) is 0 Å². The molecule has 0 unspecified atom stereocenters. The zero-order valence-electron chi connectivity index (χ0n) is 23.3. The monoisotopic (exact) mass is 800 g/mol. The van der Waals surface area contributed by atoms with Gasteiger partial charge in [-0.3, -0.25) is 9.36 Å². The van der Waals surface area contributed by atoms with Crippen LogP contribution in [0.5, 0.6) is 17.2 Å². The highest BCUT2D eigenvalue weighted by Gasteiger charge is 2.34. The van der Waals surface area contributed by atoms with Crippen LogP contribution in [0.3, 0.4) is 0 Å². The van der Waals surface area contributed by atoms with Gasteiger partial charge in [-0.05, 0) is 109 Å². The zero-order valence-corrected chi connectivity index (χ0v) is 28.5. The molecule has 0 spiro atoms. The molecular formula is C30H30I2N2O6S. The van der Waals surface area contributed by atoms with Crippen LogP contribution in [0.15, 0.2) is 64.0 Å². The molecule has 2 heterocycles. The fourth-order valence-electron chi connectivity index (χ4n) is 4.44. The van der Waals surface area contributed by atoms with Crippen LogP contribution in [-0.4, -0.2) is 37.0 Å². The fourth-order valence-corrected chi connectivity index (χ4v) is 7.52. The summed E-state index contributed by atoms with van der Waals surface area (Å²) in [7, 11) is 1.56. The number of fused-ring (bicyclic) bond motifs is 1. The lowest BCUT2D eigenvalue weighted by molar-refractivity contribution is -0.139. The summed E-state index contributed by atoms with van der Waals surface area (Å²) in [5, 5.41) is 0. The second-order valence-corrected chi connectivity index (χ2v) is 12.7. The van der Waals surface area contributed by atoms with Crippen molar-refractivity contribution in [3.05, 3.63) is 92.2 Å². The Morgan fingerprint density at radius 3 is 2.63 bits per heavy atom. The zero-order chi connectivity index (χ0) is 29.8. The van der Waals surface area contributed by atoms with Crippen molar-refractivity contribution in [2.24, 2.45) is 4.99 Å². The number of rotatable bonds is 10. The van der Waals surface area contributed by atoms with Crippen LogP contribution in [0.4, 0.5) is 0 Å². The molecule has 8 nitrogen and oxygen atoms in total. The number of thiazole rings is 1. The van der Waals surface area contributed by atoms with E-state index < -0.39 is 12.0 Å². The largest absolute Gasteiger partial charge is 0.493 e. The van der Waals surface area contributed by atoms with E-state index in [4.69, 9.17) is 18.9 Å². The van der Waals surface area contributed by atoms with Gasteiger partial charge >= 0.3 is 5.97 Å². The summed E-state index contributed by atoms with van der Waals surface area (Å²) < 4.78 is 26.8. The summed E-state index contributed by atoms with van der Waals surface area (Å²) in [4.78, 5) is 32.5. The Bertz CT molecular complexity index is 1710. The number of benzene rings is 2. The molecule has 0 fully saturated rings. The van der Waals surface area contributed by atoms with Crippen LogP contribution < -0.4 is 29.1 Å². The quantitative estimate of drug-likeness (QED) is 0.156. The lowest BCUT2D eigenvalue weighted by Crippen LogP contribution is -2.40. The van der Waals surface area contributed by atoms with Gasteiger partial charge in [-0.25, -0.2) is 9.79 Å². The first-order valence-electron chi connectivity index (χ1n) is 12.9. The molecule has 1 aliphatic heterocycles. The second kappa shape index (κ2) is 13.6. The number of ether oxygens (including phenoxy) is 4. The van der Waals surface area contributed by atoms with Crippen LogP contribution in [0.1, 0.15) is 44.9 Å². The number of allylic oxidation sites excluding steroid dienone is 1. The molecular weight excluding hydrogens is 770 g/mol. The number of hydrogen-bond acceptors (Lipinski definition) is 8. The maximum atomic E-state index is 14.1. The Labute approximate surface area is 269 Å². The SMILES string of the molecule is C=CCOc1c(I)cc(I)cc1/C=c1/sc2n(c1=O)[C@@H](c1ccc(OC(C)C)c(OC)c1)C(C(=O)OCC)=C(C)N=2. The Kier molecular flexibility index (Phi) is 10.3. The highest BCUT2D eigenvalue weighted by atomic mass is 127. The summed E-state index contributed by atoms with van der Waals surface area (Å²) in [5.74, 6) is 1.20. The molecule has 41 heavy (non-hydrogen) atoms. The highest BCUT2D eigenvalue weighted by molar-refractivity contribution is 14.1. The minimum Gasteiger partial charge on any atom is -0.493 e. The van der Waals surface area contributed by atoms with E-state index >= 15 is 0 Å². The van der Waals surface area contributed by atoms with Crippen LogP contribution in [0.2, 0.25) is 0 Å². The standard InChI is InChI=1S/C30H30I2N2O6S/c1-7-11-39-27-19(12-20(31)15-21(27)32)14-24-28(35)34-26(18-9-10-22(40-16(3)4)23(13-18)37-6)25(29(36)38-8-2)17(5)33-30(34)41-24/h7,9-10,12-16,26H,1,8,11H2,2-6H3/b24-14+/t26-/m0/s1. The summed E-state index contributed by atoms with van der Waals surface area (Å²) in [6.45, 7) is 11.6. The van der Waals surface area contributed by atoms with E-state index in [0.717, 1.165) is 12.7 Å². The van der Waals surface area contributed by atoms with Gasteiger partial charge in [0.05, 0.1) is 45.2 Å². The first kappa shape index (κ1) is 31.3. The van der Waals surface area contributed by atoms with Gasteiger partial charge in [-0.1, -0.05) is 30.1 Å². The molecule has 3 aromatic rings. The Morgan fingerprint density at radius 1 is 1.22 bits per heavy atom. The maximum absolute atomic E-state index is 14.1. The van der Waals surface area contributed by atoms with E-state index in [1.807, 2.05) is 38.1 Å². The molecule has 2 aromatic carbocycles. The van der Waals surface area contributed by atoms with Crippen LogP contribution in [0.25, 0.3) is 6.08 Å². The van der Waals surface area contributed by atoms with Gasteiger partial charge in [0.1, 0.15) is 12.4 Å². The lowest BCUT2D eigenvalue weighted by Gasteiger charge is -2.25. The number of esters is 1. The Balaban J connectivity index is 1.97. The molecule has 11 heteroatoms. The predicted octanol–water partition coefficient (Wildman–Crippen LogP) is 5.37. The molecule has 1 aromatic heterocycles. The molecule has 0 saturated carbocycles. The van der Waals surface area contributed by atoms with E-state index in [9.17, 15) is 9.59 Å². The van der Waals surface area contributed by atoms with Gasteiger partial charge in [-0.15, -0.1) is 0 Å². The normalized spacial score (nSPS) is 14.9. The molecule has 0 radical (unpaired) electrons. The smallest absolute Gasteiger partial charge is 0.338 e. The van der Waals surface area contributed by atoms with Crippen molar-refractivity contribution in [3.63, 3.8) is 0 Å². The minimum absolute atomic E-state index is 0.0610. The molecule has 0 saturated heterocycles. The third-order valence-electron chi connectivity index (χ3n) is 6.05. The van der Waals surface area contributed by atoms with Crippen LogP contribution >= 0.6 is 56.5 Å². The average molecular weight is 800 g/mol. The number of carbonyl (C=O) groups is 1. The summed E-state index contributed by atoms with van der Waals surface area (Å²) in [6.07, 6.45) is 3.43. The maximum Gasteiger partial charge on any atom is 0.338 e. The van der Waals surface area contributed by atoms with Gasteiger partial charge in [0.25, 0.3) is 5.56 Å². The third-order valence-corrected chi connectivity index (χ3v) is 8.46. The van der Waals surface area contributed by atoms with E-state index in [-0.39, 0.29) is 18.3 Å². The fraction of sp³-hybridized carbons (Fsp3) is 0.300. The third kappa shape index (κ3) is 6.72. The average Bonchev–Trinajstić information content (AvgIpc) is 3.21. The summed E-state index contributed by atoms with van der Waals surface area (Å²) >= 11 is 5.72. The molecule has 0 amide bonds. The number of aromatic nitrogens is 1. The van der Waals surface area contributed by atoms with E-state index in [0.29, 0.717) is 50.0 Å². The molecule has 0 bridgehead atoms. The topological polar surface area (TPSA) is 88.3 Å². The van der Waals surface area contributed by atoms with Gasteiger partial charge in [0, 0.05) is 9.13 Å². The number of halogens is 2. The van der Waals surface area contributed by atoms with Gasteiger partial charge in [0.15, 0.2) is 16.3 Å². The van der Waals surface area contributed by atoms with E-state index in [1.165, 1.54) is 11.3 Å². The molecule has 216 valence electrons. The molecule has 1 aliphatic rings. The molecule has 4 rings (SSSR count). The van der Waals surface area contributed by atoms with Crippen molar-refractivity contribution < 1.29 is 23.7 Å². The van der Waals surface area contributed by atoms with E-state index in [2.05, 4.69) is 56.8 Å². The van der Waals surface area contributed by atoms with Crippen LogP contribution in [-0.2, 0) is 9.53 Å². The molecule has 1 atom stereocenters.